The minimum atomic E-state index is -2.79. The molecule has 4 nitrogen and oxygen atoms in total. The molecule has 0 fully saturated rings. The van der Waals surface area contributed by atoms with Crippen molar-refractivity contribution in [2.45, 2.75) is 0 Å². The molecule has 0 aliphatic carbocycles. The van der Waals surface area contributed by atoms with Crippen LogP contribution in [0.25, 0.3) is 66.1 Å². The lowest BCUT2D eigenvalue weighted by Gasteiger charge is -2.35. The van der Waals surface area contributed by atoms with Crippen LogP contribution in [0.3, 0.4) is 0 Å². The fourth-order valence-corrected chi connectivity index (χ4v) is 17.1. The average molecular weight is 935 g/mol. The maximum absolute atomic E-state index is 7.23. The minimum Gasteiger partial charge on any atom is -0.458 e. The molecule has 0 saturated carbocycles. The Kier molecular flexibility index (Phi) is 9.04. The van der Waals surface area contributed by atoms with Crippen molar-refractivity contribution in [2.24, 2.45) is 0 Å². The topological polar surface area (TPSA) is 28.3 Å². The molecule has 0 radical (unpaired) electrons. The van der Waals surface area contributed by atoms with Gasteiger partial charge in [-0.05, 0) is 103 Å². The van der Waals surface area contributed by atoms with Crippen LogP contribution in [-0.2, 0) is 0 Å². The van der Waals surface area contributed by atoms with Crippen molar-refractivity contribution in [1.82, 2.24) is 9.13 Å². The molecule has 0 N–H and O–H groups in total. The van der Waals surface area contributed by atoms with E-state index in [1.165, 1.54) is 53.3 Å². The molecule has 11 aromatic carbocycles. The first-order valence-electron chi connectivity index (χ1n) is 24.8. The first-order valence-corrected chi connectivity index (χ1v) is 26.8. The molecule has 2 aromatic heterocycles. The van der Waals surface area contributed by atoms with Gasteiger partial charge in [0.15, 0.2) is 8.07 Å². The molecule has 72 heavy (non-hydrogen) atoms. The summed E-state index contributed by atoms with van der Waals surface area (Å²) < 4.78 is 18.9. The van der Waals surface area contributed by atoms with E-state index in [0.717, 1.165) is 72.9 Å². The standard InChI is InChI=1S/C66H43BN2O2Si/c1-4-20-48(21-5-1)72(49-22-6-2-7-23-49,50-24-8-3-9-25-50)51-26-18-19-44(39-51)45-40-64-66-65(41-45)71-63-43-47(35-37-57(63)67(66)56-30-13-17-34-62(56)70-64)69-60-33-16-12-29-54(60)55-42-46(36-38-61(55)69)68-58-31-14-10-27-52(58)53-28-11-15-32-59(53)68/h1-43H. The number of nitrogens with zero attached hydrogens (tertiary/aromatic N) is 2. The van der Waals surface area contributed by atoms with E-state index in [1.807, 2.05) is 0 Å². The molecule has 4 heterocycles. The molecule has 0 bridgehead atoms. The quantitative estimate of drug-likeness (QED) is 0.118. The third-order valence-electron chi connectivity index (χ3n) is 15.4. The third-order valence-corrected chi connectivity index (χ3v) is 20.1. The normalized spacial score (nSPS) is 12.6. The Balaban J connectivity index is 0.887. The van der Waals surface area contributed by atoms with E-state index in [2.05, 4.69) is 270 Å². The van der Waals surface area contributed by atoms with Gasteiger partial charge in [0.1, 0.15) is 23.0 Å². The third kappa shape index (κ3) is 6.00. The van der Waals surface area contributed by atoms with E-state index in [4.69, 9.17) is 9.47 Å². The summed E-state index contributed by atoms with van der Waals surface area (Å²) in [5, 5.41) is 10.2. The SMILES string of the molecule is c1ccc([Si](c2ccccc2)(c2ccccc2)c2cccc(-c3cc4c5c(c3)Oc3cc(-n6c7ccccc7c7cc(-n8c9ccccc9c9ccccc98)ccc76)ccc3B5c3ccccc3O4)c2)cc1. The summed E-state index contributed by atoms with van der Waals surface area (Å²) in [4.78, 5) is 0. The van der Waals surface area contributed by atoms with Gasteiger partial charge in [-0.3, -0.25) is 0 Å². The van der Waals surface area contributed by atoms with E-state index in [0.29, 0.717) is 0 Å². The van der Waals surface area contributed by atoms with Gasteiger partial charge < -0.3 is 18.6 Å². The van der Waals surface area contributed by atoms with Crippen LogP contribution in [0.5, 0.6) is 23.0 Å². The van der Waals surface area contributed by atoms with Gasteiger partial charge >= 0.3 is 0 Å². The lowest BCUT2D eigenvalue weighted by atomic mass is 9.35. The van der Waals surface area contributed by atoms with Crippen LogP contribution in [0.15, 0.2) is 261 Å². The zero-order valence-corrected chi connectivity index (χ0v) is 40.1. The van der Waals surface area contributed by atoms with Crippen molar-refractivity contribution in [1.29, 1.82) is 0 Å². The van der Waals surface area contributed by atoms with Crippen molar-refractivity contribution >= 4 is 95.5 Å². The molecular weight excluding hydrogens is 892 g/mol. The Hall–Kier alpha value is -9.10. The summed E-state index contributed by atoms with van der Waals surface area (Å²) in [6.07, 6.45) is 0. The molecular formula is C66H43BN2O2Si. The number of benzene rings is 11. The smallest absolute Gasteiger partial charge is 0.260 e. The number of fused-ring (bicyclic) bond motifs is 10. The molecule has 336 valence electrons. The molecule has 0 atom stereocenters. The van der Waals surface area contributed by atoms with Crippen LogP contribution in [0.1, 0.15) is 0 Å². The Morgan fingerprint density at radius 2 is 0.750 bits per heavy atom. The van der Waals surface area contributed by atoms with Crippen molar-refractivity contribution in [3.63, 3.8) is 0 Å². The Bertz CT molecular complexity index is 4150. The summed E-state index contributed by atoms with van der Waals surface area (Å²) >= 11 is 0. The second-order valence-corrected chi connectivity index (χ2v) is 22.9. The Morgan fingerprint density at radius 1 is 0.292 bits per heavy atom. The van der Waals surface area contributed by atoms with E-state index in [9.17, 15) is 0 Å². The van der Waals surface area contributed by atoms with Crippen LogP contribution in [0.4, 0.5) is 0 Å². The number of aromatic nitrogens is 2. The second kappa shape index (κ2) is 16.0. The van der Waals surface area contributed by atoms with Gasteiger partial charge in [-0.2, -0.15) is 0 Å². The number of para-hydroxylation sites is 4. The van der Waals surface area contributed by atoms with Gasteiger partial charge in [-0.1, -0.05) is 194 Å². The highest BCUT2D eigenvalue weighted by molar-refractivity contribution is 7.20. The molecule has 2 aliphatic rings. The molecule has 0 spiro atoms. The Labute approximate surface area is 418 Å². The predicted octanol–water partition coefficient (Wildman–Crippen LogP) is 11.7. The van der Waals surface area contributed by atoms with Gasteiger partial charge in [0.2, 0.25) is 0 Å². The van der Waals surface area contributed by atoms with Crippen molar-refractivity contribution in [2.75, 3.05) is 0 Å². The van der Waals surface area contributed by atoms with Gasteiger partial charge in [0.05, 0.1) is 22.1 Å². The summed E-state index contributed by atoms with van der Waals surface area (Å²) in [6, 6.07) is 95.4. The van der Waals surface area contributed by atoms with Crippen LogP contribution in [0.2, 0.25) is 0 Å². The number of hydrogen-bond donors (Lipinski definition) is 0. The minimum absolute atomic E-state index is 0.0700. The second-order valence-electron chi connectivity index (χ2n) is 19.1. The maximum Gasteiger partial charge on any atom is 0.260 e. The summed E-state index contributed by atoms with van der Waals surface area (Å²) in [7, 11) is -2.79. The van der Waals surface area contributed by atoms with Crippen molar-refractivity contribution < 1.29 is 9.47 Å². The number of ether oxygens (including phenoxy) is 2. The average Bonchev–Trinajstić information content (AvgIpc) is 3.96. The summed E-state index contributed by atoms with van der Waals surface area (Å²) in [6.45, 7) is -0.0700. The number of hydrogen-bond acceptors (Lipinski definition) is 2. The molecule has 2 aliphatic heterocycles. The van der Waals surface area contributed by atoms with Gasteiger partial charge in [0.25, 0.3) is 6.71 Å². The van der Waals surface area contributed by atoms with E-state index < -0.39 is 8.07 Å². The first-order chi connectivity index (χ1) is 35.7. The first kappa shape index (κ1) is 40.8. The molecule has 0 amide bonds. The number of rotatable bonds is 7. The fourth-order valence-electron chi connectivity index (χ4n) is 12.3. The van der Waals surface area contributed by atoms with E-state index in [-0.39, 0.29) is 6.71 Å². The fraction of sp³-hybridized carbons (Fsp3) is 0. The molecule has 0 unspecified atom stereocenters. The zero-order chi connectivity index (χ0) is 47.3. The summed E-state index contributed by atoms with van der Waals surface area (Å²) in [5.74, 6) is 3.35. The summed E-state index contributed by atoms with van der Waals surface area (Å²) in [5.41, 5.74) is 12.3. The molecule has 6 heteroatoms. The van der Waals surface area contributed by atoms with Crippen molar-refractivity contribution in [3.05, 3.63) is 261 Å². The molecule has 13 aromatic rings. The predicted molar refractivity (Wildman–Crippen MR) is 302 cm³/mol. The highest BCUT2D eigenvalue weighted by Crippen LogP contribution is 2.41. The highest BCUT2D eigenvalue weighted by atomic mass is 28.3. The van der Waals surface area contributed by atoms with E-state index >= 15 is 0 Å². The Morgan fingerprint density at radius 3 is 1.36 bits per heavy atom. The largest absolute Gasteiger partial charge is 0.458 e. The highest BCUT2D eigenvalue weighted by Gasteiger charge is 2.43. The van der Waals surface area contributed by atoms with Crippen LogP contribution in [0, 0.1) is 0 Å². The monoisotopic (exact) mass is 934 g/mol. The van der Waals surface area contributed by atoms with Gasteiger partial charge in [-0.25, -0.2) is 0 Å². The zero-order valence-electron chi connectivity index (χ0n) is 39.1. The van der Waals surface area contributed by atoms with Gasteiger partial charge in [-0.15, -0.1) is 0 Å². The van der Waals surface area contributed by atoms with Crippen molar-refractivity contribution in [3.8, 4) is 45.5 Å². The lowest BCUT2D eigenvalue weighted by Crippen LogP contribution is -2.74. The van der Waals surface area contributed by atoms with Gasteiger partial charge in [0, 0.05) is 44.4 Å². The van der Waals surface area contributed by atoms with Crippen LogP contribution < -0.4 is 46.6 Å². The maximum atomic E-state index is 7.23. The van der Waals surface area contributed by atoms with E-state index in [1.54, 1.807) is 0 Å². The van der Waals surface area contributed by atoms with Crippen LogP contribution >= 0.6 is 0 Å². The van der Waals surface area contributed by atoms with Crippen LogP contribution in [-0.4, -0.2) is 23.9 Å². The molecule has 15 rings (SSSR count). The molecule has 0 saturated heterocycles. The lowest BCUT2D eigenvalue weighted by molar-refractivity contribution is 0.465.